The standard InChI is InChI=1S/C12H18O/c1-3-4-6-11-7-5-8-12(13-2)10-9-11/h5,7-11H,3-4,6H2,1-2H3. The normalized spacial score (nSPS) is 21.1. The first-order valence-corrected chi connectivity index (χ1v) is 4.97. The van der Waals surface area contributed by atoms with Crippen LogP contribution in [0.5, 0.6) is 0 Å². The number of ether oxygens (including phenoxy) is 1. The first kappa shape index (κ1) is 10.1. The third kappa shape index (κ3) is 3.49. The van der Waals surface area contributed by atoms with Crippen LogP contribution >= 0.6 is 0 Å². The highest BCUT2D eigenvalue weighted by Crippen LogP contribution is 2.16. The molecule has 0 aromatic heterocycles. The second kappa shape index (κ2) is 5.63. The molecule has 1 nitrogen and oxygen atoms in total. The molecule has 0 saturated carbocycles. The highest BCUT2D eigenvalue weighted by molar-refractivity contribution is 5.24. The van der Waals surface area contributed by atoms with E-state index >= 15 is 0 Å². The van der Waals surface area contributed by atoms with Gasteiger partial charge in [0.1, 0.15) is 5.76 Å². The summed E-state index contributed by atoms with van der Waals surface area (Å²) >= 11 is 0. The first-order valence-electron chi connectivity index (χ1n) is 4.97. The largest absolute Gasteiger partial charge is 0.497 e. The number of hydrogen-bond acceptors (Lipinski definition) is 1. The maximum atomic E-state index is 5.15. The van der Waals surface area contributed by atoms with Gasteiger partial charge in [-0.3, -0.25) is 0 Å². The summed E-state index contributed by atoms with van der Waals surface area (Å²) in [6, 6.07) is 0. The molecule has 1 rings (SSSR count). The van der Waals surface area contributed by atoms with E-state index in [1.165, 1.54) is 19.3 Å². The molecule has 0 aromatic carbocycles. The zero-order chi connectivity index (χ0) is 9.52. The van der Waals surface area contributed by atoms with Crippen molar-refractivity contribution in [3.05, 3.63) is 36.1 Å². The van der Waals surface area contributed by atoms with E-state index in [1.54, 1.807) is 7.11 Å². The molecule has 0 aromatic rings. The lowest BCUT2D eigenvalue weighted by Crippen LogP contribution is -1.90. The third-order valence-electron chi connectivity index (χ3n) is 2.25. The third-order valence-corrected chi connectivity index (χ3v) is 2.25. The molecule has 0 spiro atoms. The molecule has 0 heterocycles. The Morgan fingerprint density at radius 2 is 2.23 bits per heavy atom. The SMILES string of the molecule is CCCCC1C=CC=C(OC)C=C1. The van der Waals surface area contributed by atoms with Crippen molar-refractivity contribution in [2.75, 3.05) is 7.11 Å². The molecule has 1 aliphatic rings. The molecular formula is C12H18O. The van der Waals surface area contributed by atoms with Gasteiger partial charge in [0.05, 0.1) is 7.11 Å². The number of allylic oxidation sites excluding steroid dienone is 5. The van der Waals surface area contributed by atoms with Crippen LogP contribution < -0.4 is 0 Å². The highest BCUT2D eigenvalue weighted by atomic mass is 16.5. The Bertz CT molecular complexity index is 223. The Labute approximate surface area is 80.8 Å². The van der Waals surface area contributed by atoms with Crippen LogP contribution in [0, 0.1) is 5.92 Å². The van der Waals surface area contributed by atoms with Gasteiger partial charge in [0.15, 0.2) is 0 Å². The molecule has 0 aliphatic heterocycles. The molecular weight excluding hydrogens is 160 g/mol. The fourth-order valence-corrected chi connectivity index (χ4v) is 1.40. The van der Waals surface area contributed by atoms with Crippen LogP contribution in [0.15, 0.2) is 36.1 Å². The van der Waals surface area contributed by atoms with Crippen molar-refractivity contribution in [1.29, 1.82) is 0 Å². The average Bonchev–Trinajstić information content (AvgIpc) is 2.39. The van der Waals surface area contributed by atoms with E-state index in [1.807, 2.05) is 6.08 Å². The summed E-state index contributed by atoms with van der Waals surface area (Å²) in [5.41, 5.74) is 0. The van der Waals surface area contributed by atoms with Gasteiger partial charge >= 0.3 is 0 Å². The number of hydrogen-bond donors (Lipinski definition) is 0. The van der Waals surface area contributed by atoms with Gasteiger partial charge in [-0.05, 0) is 24.5 Å². The van der Waals surface area contributed by atoms with Gasteiger partial charge in [0, 0.05) is 0 Å². The van der Waals surface area contributed by atoms with Crippen LogP contribution in [-0.2, 0) is 4.74 Å². The second-order valence-corrected chi connectivity index (χ2v) is 3.32. The van der Waals surface area contributed by atoms with E-state index in [9.17, 15) is 0 Å². The first-order chi connectivity index (χ1) is 6.36. The maximum absolute atomic E-state index is 5.15. The minimum atomic E-state index is 0.587. The van der Waals surface area contributed by atoms with Crippen LogP contribution in [0.4, 0.5) is 0 Å². The fraction of sp³-hybridized carbons (Fsp3) is 0.500. The van der Waals surface area contributed by atoms with E-state index in [0.29, 0.717) is 5.92 Å². The molecule has 1 aliphatic carbocycles. The Kier molecular flexibility index (Phi) is 4.37. The number of unbranched alkanes of at least 4 members (excludes halogenated alkanes) is 1. The molecule has 0 saturated heterocycles. The molecule has 0 radical (unpaired) electrons. The zero-order valence-corrected chi connectivity index (χ0v) is 8.49. The van der Waals surface area contributed by atoms with Gasteiger partial charge in [-0.1, -0.05) is 38.0 Å². The number of rotatable bonds is 4. The molecule has 72 valence electrons. The van der Waals surface area contributed by atoms with Crippen molar-refractivity contribution in [3.8, 4) is 0 Å². The Hall–Kier alpha value is -0.980. The monoisotopic (exact) mass is 178 g/mol. The van der Waals surface area contributed by atoms with Gasteiger partial charge in [-0.25, -0.2) is 0 Å². The van der Waals surface area contributed by atoms with E-state index in [2.05, 4.69) is 31.2 Å². The predicted octanol–water partition coefficient (Wildman–Crippen LogP) is 3.45. The van der Waals surface area contributed by atoms with Crippen molar-refractivity contribution >= 4 is 0 Å². The lowest BCUT2D eigenvalue weighted by Gasteiger charge is -2.04. The summed E-state index contributed by atoms with van der Waals surface area (Å²) in [6.45, 7) is 2.23. The van der Waals surface area contributed by atoms with Crippen LogP contribution in [0.3, 0.4) is 0 Å². The van der Waals surface area contributed by atoms with Crippen molar-refractivity contribution in [2.24, 2.45) is 5.92 Å². The van der Waals surface area contributed by atoms with Crippen molar-refractivity contribution < 1.29 is 4.74 Å². The molecule has 1 atom stereocenters. The average molecular weight is 178 g/mol. The molecule has 1 heteroatoms. The van der Waals surface area contributed by atoms with Gasteiger partial charge in [-0.15, -0.1) is 0 Å². The number of methoxy groups -OCH3 is 1. The maximum Gasteiger partial charge on any atom is 0.118 e. The van der Waals surface area contributed by atoms with Crippen LogP contribution in [0.2, 0.25) is 0 Å². The van der Waals surface area contributed by atoms with Crippen molar-refractivity contribution in [1.82, 2.24) is 0 Å². The van der Waals surface area contributed by atoms with Crippen molar-refractivity contribution in [3.63, 3.8) is 0 Å². The Balaban J connectivity index is 2.46. The highest BCUT2D eigenvalue weighted by Gasteiger charge is 2.01. The Morgan fingerprint density at radius 3 is 2.92 bits per heavy atom. The predicted molar refractivity (Wildman–Crippen MR) is 56.4 cm³/mol. The smallest absolute Gasteiger partial charge is 0.118 e. The van der Waals surface area contributed by atoms with E-state index in [0.717, 1.165) is 5.76 Å². The van der Waals surface area contributed by atoms with E-state index in [4.69, 9.17) is 4.74 Å². The van der Waals surface area contributed by atoms with Crippen LogP contribution in [0.1, 0.15) is 26.2 Å². The van der Waals surface area contributed by atoms with Crippen molar-refractivity contribution in [2.45, 2.75) is 26.2 Å². The second-order valence-electron chi connectivity index (χ2n) is 3.32. The lowest BCUT2D eigenvalue weighted by atomic mass is 10.0. The molecule has 13 heavy (non-hydrogen) atoms. The minimum absolute atomic E-state index is 0.587. The molecule has 0 N–H and O–H groups in total. The molecule has 0 bridgehead atoms. The van der Waals surface area contributed by atoms with Gasteiger partial charge < -0.3 is 4.74 Å². The molecule has 0 fully saturated rings. The van der Waals surface area contributed by atoms with Gasteiger partial charge in [0.25, 0.3) is 0 Å². The lowest BCUT2D eigenvalue weighted by molar-refractivity contribution is 0.307. The van der Waals surface area contributed by atoms with E-state index < -0.39 is 0 Å². The summed E-state index contributed by atoms with van der Waals surface area (Å²) in [7, 11) is 1.70. The zero-order valence-electron chi connectivity index (χ0n) is 8.49. The molecule has 1 unspecified atom stereocenters. The summed E-state index contributed by atoms with van der Waals surface area (Å²) in [5, 5.41) is 0. The summed E-state index contributed by atoms with van der Waals surface area (Å²) in [4.78, 5) is 0. The molecule has 0 amide bonds. The summed E-state index contributed by atoms with van der Waals surface area (Å²) in [5.74, 6) is 1.53. The quantitative estimate of drug-likeness (QED) is 0.640. The van der Waals surface area contributed by atoms with E-state index in [-0.39, 0.29) is 0 Å². The van der Waals surface area contributed by atoms with Gasteiger partial charge in [0.2, 0.25) is 0 Å². The minimum Gasteiger partial charge on any atom is -0.497 e. The summed E-state index contributed by atoms with van der Waals surface area (Å²) in [6.07, 6.45) is 14.4. The topological polar surface area (TPSA) is 9.23 Å². The summed E-state index contributed by atoms with van der Waals surface area (Å²) < 4.78 is 5.15. The Morgan fingerprint density at radius 1 is 1.38 bits per heavy atom. The fourth-order valence-electron chi connectivity index (χ4n) is 1.40. The van der Waals surface area contributed by atoms with Crippen LogP contribution in [0.25, 0.3) is 0 Å². The van der Waals surface area contributed by atoms with Crippen LogP contribution in [-0.4, -0.2) is 7.11 Å². The van der Waals surface area contributed by atoms with Gasteiger partial charge in [-0.2, -0.15) is 0 Å².